The minimum Gasteiger partial charge on any atom is -0.288 e. The number of nitrogens with zero attached hydrogens (tertiary/aromatic N) is 4. The molecule has 4 aromatic heterocycles. The molecule has 0 saturated heterocycles. The SMILES string of the molecule is O=C(c1cccnc1)c1cnn2c(-c3ccsc3)ccnc12. The number of carbonyl (C=O) groups is 1. The van der Waals surface area contributed by atoms with E-state index in [1.54, 1.807) is 52.8 Å². The Kier molecular flexibility index (Phi) is 3.01. The van der Waals surface area contributed by atoms with Gasteiger partial charge in [0.2, 0.25) is 0 Å². The summed E-state index contributed by atoms with van der Waals surface area (Å²) in [5, 5.41) is 8.39. The Morgan fingerprint density at radius 3 is 2.86 bits per heavy atom. The van der Waals surface area contributed by atoms with Crippen LogP contribution in [0.2, 0.25) is 0 Å². The molecule has 0 N–H and O–H groups in total. The third-order valence-electron chi connectivity index (χ3n) is 3.39. The van der Waals surface area contributed by atoms with Gasteiger partial charge in [-0.3, -0.25) is 9.78 Å². The highest BCUT2D eigenvalue weighted by molar-refractivity contribution is 7.08. The van der Waals surface area contributed by atoms with E-state index in [4.69, 9.17) is 0 Å². The van der Waals surface area contributed by atoms with E-state index in [1.807, 2.05) is 22.9 Å². The summed E-state index contributed by atoms with van der Waals surface area (Å²) in [6.07, 6.45) is 6.45. The summed E-state index contributed by atoms with van der Waals surface area (Å²) in [6.45, 7) is 0. The first kappa shape index (κ1) is 12.8. The van der Waals surface area contributed by atoms with Gasteiger partial charge < -0.3 is 0 Å². The lowest BCUT2D eigenvalue weighted by Crippen LogP contribution is -2.02. The van der Waals surface area contributed by atoms with Gasteiger partial charge in [-0.1, -0.05) is 0 Å². The van der Waals surface area contributed by atoms with Crippen LogP contribution in [0, 0.1) is 0 Å². The van der Waals surface area contributed by atoms with Crippen LogP contribution >= 0.6 is 11.3 Å². The fourth-order valence-corrected chi connectivity index (χ4v) is 2.98. The second-order valence-electron chi connectivity index (χ2n) is 4.71. The number of aromatic nitrogens is 4. The van der Waals surface area contributed by atoms with E-state index < -0.39 is 0 Å². The molecule has 4 heterocycles. The van der Waals surface area contributed by atoms with Gasteiger partial charge in [-0.2, -0.15) is 16.4 Å². The second-order valence-corrected chi connectivity index (χ2v) is 5.49. The summed E-state index contributed by atoms with van der Waals surface area (Å²) >= 11 is 1.62. The lowest BCUT2D eigenvalue weighted by atomic mass is 10.1. The number of ketones is 1. The lowest BCUT2D eigenvalue weighted by molar-refractivity contribution is 0.103. The predicted octanol–water partition coefficient (Wildman–Crippen LogP) is 3.08. The Balaban J connectivity index is 1.88. The number of thiophene rings is 1. The average molecular weight is 306 g/mol. The fourth-order valence-electron chi connectivity index (χ4n) is 2.33. The van der Waals surface area contributed by atoms with E-state index in [2.05, 4.69) is 15.1 Å². The summed E-state index contributed by atoms with van der Waals surface area (Å²) in [5.74, 6) is -0.127. The first-order valence-corrected chi connectivity index (χ1v) is 7.59. The number of carbonyl (C=O) groups excluding carboxylic acids is 1. The maximum absolute atomic E-state index is 12.6. The summed E-state index contributed by atoms with van der Waals surface area (Å²) < 4.78 is 1.70. The summed E-state index contributed by atoms with van der Waals surface area (Å²) in [4.78, 5) is 20.9. The van der Waals surface area contributed by atoms with Gasteiger partial charge in [0.15, 0.2) is 11.4 Å². The predicted molar refractivity (Wildman–Crippen MR) is 84.0 cm³/mol. The van der Waals surface area contributed by atoms with Gasteiger partial charge in [0.1, 0.15) is 0 Å². The fraction of sp³-hybridized carbons (Fsp3) is 0. The third kappa shape index (κ3) is 2.01. The number of rotatable bonds is 3. The first-order chi connectivity index (χ1) is 10.8. The number of hydrogen-bond donors (Lipinski definition) is 0. The van der Waals surface area contributed by atoms with Crippen LogP contribution in [0.5, 0.6) is 0 Å². The van der Waals surface area contributed by atoms with Gasteiger partial charge in [0, 0.05) is 35.1 Å². The smallest absolute Gasteiger partial charge is 0.200 e. The van der Waals surface area contributed by atoms with Crippen molar-refractivity contribution in [3.8, 4) is 11.3 Å². The van der Waals surface area contributed by atoms with Crippen molar-refractivity contribution in [3.05, 3.63) is 70.9 Å². The molecule has 0 aliphatic heterocycles. The molecular formula is C16H10N4OS. The Labute approximate surface area is 129 Å². The quantitative estimate of drug-likeness (QED) is 0.546. The minimum absolute atomic E-state index is 0.127. The van der Waals surface area contributed by atoms with E-state index in [9.17, 15) is 4.79 Å². The van der Waals surface area contributed by atoms with E-state index in [1.165, 1.54) is 0 Å². The minimum atomic E-state index is -0.127. The summed E-state index contributed by atoms with van der Waals surface area (Å²) in [5.41, 5.74) is 3.53. The standard InChI is InChI=1S/C16H10N4OS/c21-15(11-2-1-5-17-8-11)13-9-19-20-14(3-6-18-16(13)20)12-4-7-22-10-12/h1-10H. The largest absolute Gasteiger partial charge is 0.288 e. The van der Waals surface area contributed by atoms with Crippen molar-refractivity contribution in [1.29, 1.82) is 0 Å². The molecule has 0 spiro atoms. The normalized spacial score (nSPS) is 10.9. The Hall–Kier alpha value is -2.86. The van der Waals surface area contributed by atoms with Crippen LogP contribution in [0.3, 0.4) is 0 Å². The van der Waals surface area contributed by atoms with Gasteiger partial charge in [0.25, 0.3) is 0 Å². The molecule has 0 atom stereocenters. The van der Waals surface area contributed by atoms with Crippen LogP contribution in [-0.2, 0) is 0 Å². The molecule has 0 amide bonds. The zero-order chi connectivity index (χ0) is 14.9. The maximum Gasteiger partial charge on any atom is 0.200 e. The van der Waals surface area contributed by atoms with Crippen LogP contribution in [-0.4, -0.2) is 25.4 Å². The zero-order valence-corrected chi connectivity index (χ0v) is 12.2. The van der Waals surface area contributed by atoms with Gasteiger partial charge in [0.05, 0.1) is 17.5 Å². The zero-order valence-electron chi connectivity index (χ0n) is 11.4. The van der Waals surface area contributed by atoms with Gasteiger partial charge in [-0.15, -0.1) is 0 Å². The molecule has 5 nitrogen and oxygen atoms in total. The molecule has 0 bridgehead atoms. The molecule has 0 unspecified atom stereocenters. The van der Waals surface area contributed by atoms with E-state index in [0.29, 0.717) is 16.8 Å². The van der Waals surface area contributed by atoms with Gasteiger partial charge in [-0.25, -0.2) is 9.50 Å². The van der Waals surface area contributed by atoms with E-state index in [0.717, 1.165) is 11.3 Å². The highest BCUT2D eigenvalue weighted by Crippen LogP contribution is 2.23. The monoisotopic (exact) mass is 306 g/mol. The molecule has 4 aromatic rings. The van der Waals surface area contributed by atoms with Crippen molar-refractivity contribution in [2.45, 2.75) is 0 Å². The molecule has 0 aliphatic rings. The van der Waals surface area contributed by atoms with Crippen molar-refractivity contribution in [1.82, 2.24) is 19.6 Å². The van der Waals surface area contributed by atoms with Gasteiger partial charge >= 0.3 is 0 Å². The van der Waals surface area contributed by atoms with Crippen molar-refractivity contribution in [2.24, 2.45) is 0 Å². The number of pyridine rings is 1. The number of hydrogen-bond acceptors (Lipinski definition) is 5. The molecule has 0 saturated carbocycles. The van der Waals surface area contributed by atoms with Crippen LogP contribution in [0.4, 0.5) is 0 Å². The van der Waals surface area contributed by atoms with Crippen LogP contribution in [0.1, 0.15) is 15.9 Å². The van der Waals surface area contributed by atoms with Crippen molar-refractivity contribution >= 4 is 22.8 Å². The molecule has 0 aliphatic carbocycles. The van der Waals surface area contributed by atoms with E-state index in [-0.39, 0.29) is 5.78 Å². The molecule has 106 valence electrons. The van der Waals surface area contributed by atoms with Crippen LogP contribution in [0.15, 0.2) is 59.8 Å². The molecule has 0 aromatic carbocycles. The summed E-state index contributed by atoms with van der Waals surface area (Å²) in [6, 6.07) is 7.38. The Morgan fingerprint density at radius 1 is 1.14 bits per heavy atom. The highest BCUT2D eigenvalue weighted by Gasteiger charge is 2.17. The second kappa shape index (κ2) is 5.16. The summed E-state index contributed by atoms with van der Waals surface area (Å²) in [7, 11) is 0. The van der Waals surface area contributed by atoms with Crippen molar-refractivity contribution in [3.63, 3.8) is 0 Å². The van der Waals surface area contributed by atoms with Gasteiger partial charge in [-0.05, 0) is 29.6 Å². The molecule has 6 heteroatoms. The average Bonchev–Trinajstić information content (AvgIpc) is 3.24. The van der Waals surface area contributed by atoms with Crippen LogP contribution in [0.25, 0.3) is 16.9 Å². The Bertz CT molecular complexity index is 945. The molecule has 0 radical (unpaired) electrons. The van der Waals surface area contributed by atoms with Crippen LogP contribution < -0.4 is 0 Å². The third-order valence-corrected chi connectivity index (χ3v) is 4.07. The van der Waals surface area contributed by atoms with Crippen molar-refractivity contribution in [2.75, 3.05) is 0 Å². The number of fused-ring (bicyclic) bond motifs is 1. The lowest BCUT2D eigenvalue weighted by Gasteiger charge is -2.02. The molecule has 4 rings (SSSR count). The Morgan fingerprint density at radius 2 is 2.09 bits per heavy atom. The molecular weight excluding hydrogens is 296 g/mol. The maximum atomic E-state index is 12.6. The highest BCUT2D eigenvalue weighted by atomic mass is 32.1. The van der Waals surface area contributed by atoms with E-state index >= 15 is 0 Å². The topological polar surface area (TPSA) is 60.2 Å². The molecule has 0 fully saturated rings. The molecule has 22 heavy (non-hydrogen) atoms. The van der Waals surface area contributed by atoms with Crippen molar-refractivity contribution < 1.29 is 4.79 Å². The first-order valence-electron chi connectivity index (χ1n) is 6.64.